The van der Waals surface area contributed by atoms with E-state index in [-0.39, 0.29) is 12.8 Å². The Kier molecular flexibility index (Phi) is 14.0. The molecule has 0 saturated carbocycles. The van der Waals surface area contributed by atoms with E-state index in [9.17, 15) is 18.1 Å². The van der Waals surface area contributed by atoms with Crippen molar-refractivity contribution in [3.63, 3.8) is 0 Å². The zero-order chi connectivity index (χ0) is 18.3. The van der Waals surface area contributed by atoms with Crippen molar-refractivity contribution in [1.82, 2.24) is 0 Å². The van der Waals surface area contributed by atoms with Crippen LogP contribution in [-0.2, 0) is 10.1 Å². The van der Waals surface area contributed by atoms with Gasteiger partial charge in [0.25, 0.3) is 10.1 Å². The van der Waals surface area contributed by atoms with Gasteiger partial charge in [-0.15, -0.1) is 0 Å². The van der Waals surface area contributed by atoms with Gasteiger partial charge >= 0.3 is 0 Å². The summed E-state index contributed by atoms with van der Waals surface area (Å²) in [6, 6.07) is 0. The van der Waals surface area contributed by atoms with Crippen LogP contribution < -0.4 is 0 Å². The predicted molar refractivity (Wildman–Crippen MR) is 102 cm³/mol. The first kappa shape index (κ1) is 23.9. The molecule has 0 aliphatic heterocycles. The summed E-state index contributed by atoms with van der Waals surface area (Å²) >= 11 is 0. The summed E-state index contributed by atoms with van der Waals surface area (Å²) in [4.78, 5) is -1.94. The second kappa shape index (κ2) is 14.1. The minimum Gasteiger partial charge on any atom is -0.372 e. The van der Waals surface area contributed by atoms with E-state index in [0.717, 1.165) is 12.8 Å². The molecule has 0 bridgehead atoms. The Labute approximate surface area is 150 Å². The van der Waals surface area contributed by atoms with Crippen LogP contribution in [0, 0.1) is 0 Å². The highest BCUT2D eigenvalue weighted by Crippen LogP contribution is 2.26. The SMILES string of the molecule is CCCCCCCCCCCCCCCC(O)(CCC)S(=O)(=O)O. The van der Waals surface area contributed by atoms with Crippen LogP contribution in [0.25, 0.3) is 0 Å². The molecule has 1 unspecified atom stereocenters. The first-order valence-corrected chi connectivity index (χ1v) is 11.5. The molecule has 4 nitrogen and oxygen atoms in total. The van der Waals surface area contributed by atoms with Crippen LogP contribution in [0.4, 0.5) is 0 Å². The van der Waals surface area contributed by atoms with Crippen molar-refractivity contribution in [2.75, 3.05) is 0 Å². The molecule has 0 rings (SSSR count). The maximum atomic E-state index is 11.3. The summed E-state index contributed by atoms with van der Waals surface area (Å²) in [7, 11) is -4.39. The monoisotopic (exact) mass is 364 g/mol. The van der Waals surface area contributed by atoms with Gasteiger partial charge in [0, 0.05) is 0 Å². The summed E-state index contributed by atoms with van der Waals surface area (Å²) in [5.41, 5.74) is 0. The molecule has 0 fully saturated rings. The number of unbranched alkanes of at least 4 members (excludes halogenated alkanes) is 12. The van der Waals surface area contributed by atoms with Crippen LogP contribution >= 0.6 is 0 Å². The van der Waals surface area contributed by atoms with Gasteiger partial charge in [0.05, 0.1) is 0 Å². The average Bonchev–Trinajstić information content (AvgIpc) is 2.51. The zero-order valence-electron chi connectivity index (χ0n) is 15.9. The van der Waals surface area contributed by atoms with E-state index in [4.69, 9.17) is 0 Å². The van der Waals surface area contributed by atoms with Crippen molar-refractivity contribution in [1.29, 1.82) is 0 Å². The molecule has 0 aromatic heterocycles. The van der Waals surface area contributed by atoms with Crippen molar-refractivity contribution < 1.29 is 18.1 Å². The van der Waals surface area contributed by atoms with E-state index in [0.29, 0.717) is 12.8 Å². The third-order valence-corrected chi connectivity index (χ3v) is 6.16. The Bertz CT molecular complexity index is 381. The number of aliphatic hydroxyl groups is 1. The summed E-state index contributed by atoms with van der Waals surface area (Å²) in [5.74, 6) is 0. The smallest absolute Gasteiger partial charge is 0.294 e. The van der Waals surface area contributed by atoms with Gasteiger partial charge < -0.3 is 5.11 Å². The minimum atomic E-state index is -4.39. The third kappa shape index (κ3) is 11.4. The Morgan fingerprint density at radius 2 is 1.00 bits per heavy atom. The van der Waals surface area contributed by atoms with Crippen LogP contribution in [0.15, 0.2) is 0 Å². The van der Waals surface area contributed by atoms with Crippen LogP contribution in [0.2, 0.25) is 0 Å². The van der Waals surface area contributed by atoms with Gasteiger partial charge in [0.2, 0.25) is 0 Å². The Balaban J connectivity index is 3.53. The maximum absolute atomic E-state index is 11.3. The van der Waals surface area contributed by atoms with E-state index >= 15 is 0 Å². The van der Waals surface area contributed by atoms with Crippen LogP contribution in [-0.4, -0.2) is 23.0 Å². The lowest BCUT2D eigenvalue weighted by Gasteiger charge is -2.24. The molecule has 0 amide bonds. The fourth-order valence-electron chi connectivity index (χ4n) is 3.19. The van der Waals surface area contributed by atoms with Gasteiger partial charge in [0.1, 0.15) is 0 Å². The van der Waals surface area contributed by atoms with Crippen molar-refractivity contribution >= 4 is 10.1 Å². The second-order valence-corrected chi connectivity index (χ2v) is 8.87. The molecule has 0 aliphatic rings. The van der Waals surface area contributed by atoms with E-state index in [2.05, 4.69) is 6.92 Å². The van der Waals surface area contributed by atoms with E-state index in [1.807, 2.05) is 0 Å². The maximum Gasteiger partial charge on any atom is 0.294 e. The molecule has 5 heteroatoms. The first-order valence-electron chi connectivity index (χ1n) is 10.1. The van der Waals surface area contributed by atoms with E-state index < -0.39 is 15.1 Å². The van der Waals surface area contributed by atoms with Crippen LogP contribution in [0.3, 0.4) is 0 Å². The lowest BCUT2D eigenvalue weighted by atomic mass is 10.0. The van der Waals surface area contributed by atoms with Crippen molar-refractivity contribution in [2.45, 2.75) is 122 Å². The van der Waals surface area contributed by atoms with Gasteiger partial charge in [-0.1, -0.05) is 97.3 Å². The molecular weight excluding hydrogens is 324 g/mol. The minimum absolute atomic E-state index is 0.101. The van der Waals surface area contributed by atoms with Gasteiger partial charge in [-0.25, -0.2) is 0 Å². The molecule has 0 heterocycles. The number of hydrogen-bond acceptors (Lipinski definition) is 3. The predicted octanol–water partition coefficient (Wildman–Crippen LogP) is 5.84. The Morgan fingerprint density at radius 1 is 0.625 bits per heavy atom. The molecule has 1 atom stereocenters. The van der Waals surface area contributed by atoms with Crippen molar-refractivity contribution in [3.8, 4) is 0 Å². The highest BCUT2D eigenvalue weighted by atomic mass is 32.2. The second-order valence-electron chi connectivity index (χ2n) is 7.16. The van der Waals surface area contributed by atoms with E-state index in [1.54, 1.807) is 6.92 Å². The molecule has 0 aliphatic carbocycles. The van der Waals surface area contributed by atoms with Crippen LogP contribution in [0.1, 0.15) is 117 Å². The fourth-order valence-corrected chi connectivity index (χ4v) is 4.06. The van der Waals surface area contributed by atoms with Crippen molar-refractivity contribution in [3.05, 3.63) is 0 Å². The Hall–Kier alpha value is -0.130. The molecule has 0 radical (unpaired) electrons. The molecule has 0 spiro atoms. The summed E-state index contributed by atoms with van der Waals surface area (Å²) in [6.45, 7) is 4.05. The summed E-state index contributed by atoms with van der Waals surface area (Å²) in [5, 5.41) is 10.1. The summed E-state index contributed by atoms with van der Waals surface area (Å²) < 4.78 is 31.8. The highest BCUT2D eigenvalue weighted by molar-refractivity contribution is 7.87. The molecule has 24 heavy (non-hydrogen) atoms. The van der Waals surface area contributed by atoms with Gasteiger partial charge in [0.15, 0.2) is 4.93 Å². The van der Waals surface area contributed by atoms with Crippen molar-refractivity contribution in [2.24, 2.45) is 0 Å². The largest absolute Gasteiger partial charge is 0.372 e. The molecular formula is C19H40O4S. The molecule has 0 saturated heterocycles. The first-order chi connectivity index (χ1) is 11.4. The normalized spacial score (nSPS) is 14.7. The fraction of sp³-hybridized carbons (Fsp3) is 1.00. The number of hydrogen-bond donors (Lipinski definition) is 2. The van der Waals surface area contributed by atoms with Gasteiger partial charge in [-0.2, -0.15) is 8.42 Å². The average molecular weight is 365 g/mol. The van der Waals surface area contributed by atoms with Crippen LogP contribution in [0.5, 0.6) is 0 Å². The Morgan fingerprint density at radius 3 is 1.33 bits per heavy atom. The highest BCUT2D eigenvalue weighted by Gasteiger charge is 2.38. The van der Waals surface area contributed by atoms with Gasteiger partial charge in [-0.3, -0.25) is 4.55 Å². The standard InChI is InChI=1S/C19H40O4S/c1-3-5-6-7-8-9-10-11-12-13-14-15-16-18-19(20,17-4-2)24(21,22)23/h20H,3-18H2,1-2H3,(H,21,22,23). The zero-order valence-corrected chi connectivity index (χ0v) is 16.7. The van der Waals surface area contributed by atoms with Gasteiger partial charge in [-0.05, 0) is 19.3 Å². The lowest BCUT2D eigenvalue weighted by Crippen LogP contribution is -2.38. The third-order valence-electron chi connectivity index (χ3n) is 4.79. The number of rotatable bonds is 17. The molecule has 146 valence electrons. The topological polar surface area (TPSA) is 74.6 Å². The molecule has 0 aromatic rings. The lowest BCUT2D eigenvalue weighted by molar-refractivity contribution is 0.0906. The quantitative estimate of drug-likeness (QED) is 0.251. The molecule has 2 N–H and O–H groups in total. The summed E-state index contributed by atoms with van der Waals surface area (Å²) in [6.07, 6.45) is 16.6. The molecule has 0 aromatic carbocycles. The van der Waals surface area contributed by atoms with E-state index in [1.165, 1.54) is 64.2 Å².